The maximum absolute atomic E-state index is 7.16. The molecule has 0 fully saturated rings. The van der Waals surface area contributed by atoms with Crippen LogP contribution in [0.1, 0.15) is 29.3 Å². The topological polar surface area (TPSA) is 69.9 Å². The van der Waals surface area contributed by atoms with Crippen LogP contribution in [0, 0.1) is 0 Å². The van der Waals surface area contributed by atoms with Gasteiger partial charge in [-0.25, -0.2) is 15.0 Å². The monoisotopic (exact) mass is 960 g/mol. The molecule has 75 heavy (non-hydrogen) atoms. The molecule has 1 aliphatic rings. The number of aromatic nitrogens is 4. The van der Waals surface area contributed by atoms with E-state index in [1.807, 2.05) is 48.5 Å². The number of hydrogen-bond acceptors (Lipinski definition) is 5. The maximum Gasteiger partial charge on any atom is 0.178 e. The number of furan rings is 2. The summed E-state index contributed by atoms with van der Waals surface area (Å²) >= 11 is 0. The molecule has 4 heterocycles. The van der Waals surface area contributed by atoms with Crippen LogP contribution in [-0.4, -0.2) is 19.5 Å². The summed E-state index contributed by atoms with van der Waals surface area (Å²) in [5.74, 6) is 1.74. The molecule has 352 valence electrons. The summed E-state index contributed by atoms with van der Waals surface area (Å²) in [5, 5.41) is 6.35. The van der Waals surface area contributed by atoms with Crippen molar-refractivity contribution in [1.29, 1.82) is 0 Å². The zero-order valence-corrected chi connectivity index (χ0v) is 40.6. The van der Waals surface area contributed by atoms with Crippen molar-refractivity contribution in [3.05, 3.63) is 266 Å². The van der Waals surface area contributed by atoms with E-state index >= 15 is 0 Å². The Morgan fingerprint density at radius 2 is 0.813 bits per heavy atom. The zero-order chi connectivity index (χ0) is 49.4. The normalized spacial score (nSPS) is 14.0. The summed E-state index contributed by atoms with van der Waals surface area (Å²) < 4.78 is 16.3. The van der Waals surface area contributed by atoms with Gasteiger partial charge in [-0.2, -0.15) is 0 Å². The molecule has 0 spiro atoms. The summed E-state index contributed by atoms with van der Waals surface area (Å²) in [6, 6.07) is 85.7. The van der Waals surface area contributed by atoms with Gasteiger partial charge < -0.3 is 13.4 Å². The molecule has 0 radical (unpaired) electrons. The van der Waals surface area contributed by atoms with E-state index in [0.717, 1.165) is 110 Å². The van der Waals surface area contributed by atoms with Crippen LogP contribution in [0.4, 0.5) is 0 Å². The second kappa shape index (κ2) is 17.4. The van der Waals surface area contributed by atoms with E-state index in [2.05, 4.69) is 205 Å². The van der Waals surface area contributed by atoms with Crippen molar-refractivity contribution in [3.63, 3.8) is 0 Å². The van der Waals surface area contributed by atoms with E-state index in [1.165, 1.54) is 16.7 Å². The smallest absolute Gasteiger partial charge is 0.178 e. The van der Waals surface area contributed by atoms with Gasteiger partial charge in [0.25, 0.3) is 0 Å². The second-order valence-corrected chi connectivity index (χ2v) is 19.4. The molecule has 10 aromatic carbocycles. The van der Waals surface area contributed by atoms with Crippen LogP contribution >= 0.6 is 0 Å². The van der Waals surface area contributed by atoms with Crippen LogP contribution < -0.4 is 0 Å². The van der Waals surface area contributed by atoms with Crippen molar-refractivity contribution in [1.82, 2.24) is 19.5 Å². The number of benzene rings is 10. The first kappa shape index (κ1) is 42.7. The van der Waals surface area contributed by atoms with E-state index in [9.17, 15) is 0 Å². The molecule has 15 rings (SSSR count). The van der Waals surface area contributed by atoms with Gasteiger partial charge in [0.2, 0.25) is 0 Å². The molecule has 6 heteroatoms. The molecule has 14 aromatic rings. The van der Waals surface area contributed by atoms with Gasteiger partial charge in [0.15, 0.2) is 28.6 Å². The molecule has 0 aliphatic heterocycles. The highest BCUT2D eigenvalue weighted by Crippen LogP contribution is 2.51. The predicted octanol–water partition coefficient (Wildman–Crippen LogP) is 18.1. The molecule has 1 unspecified atom stereocenters. The molecule has 1 atom stereocenters. The number of fused-ring (bicyclic) bond motifs is 11. The Kier molecular flexibility index (Phi) is 9.91. The quantitative estimate of drug-likeness (QED) is 0.152. The number of nitrogens with zero attached hydrogens (tertiary/aromatic N) is 4. The van der Waals surface area contributed by atoms with Crippen molar-refractivity contribution < 1.29 is 8.83 Å². The van der Waals surface area contributed by atoms with Gasteiger partial charge in [0.05, 0.1) is 16.4 Å². The largest absolute Gasteiger partial charge is 0.452 e. The molecular formula is C69H44N4O2. The Bertz CT molecular complexity index is 4510. The van der Waals surface area contributed by atoms with Crippen molar-refractivity contribution in [2.24, 2.45) is 0 Å². The molecule has 4 aromatic heterocycles. The van der Waals surface area contributed by atoms with E-state index in [-0.39, 0.29) is 5.92 Å². The van der Waals surface area contributed by atoms with Gasteiger partial charge >= 0.3 is 0 Å². The van der Waals surface area contributed by atoms with E-state index < -0.39 is 0 Å². The fourth-order valence-corrected chi connectivity index (χ4v) is 11.5. The minimum Gasteiger partial charge on any atom is -0.452 e. The highest BCUT2D eigenvalue weighted by Gasteiger charge is 2.33. The standard InChI is InChI=1S/C69H44N4O2/c1-5-17-43(18-6-1)45-29-33-47(34-30-45)57-41-51(69-71-67(49-21-9-3-10-22-49)70-68(72-69)50-23-11-4-12-24-50)42-58(48-35-31-46(32-36-48)44-19-7-2-8-20-44)63(57)73-59-27-15-13-26-56(59)62-60(73)40-39-54-55-38-37-53-52-25-14-16-28-61(52)74-65(53)66(55)75-64(54)62/h1-41,58H,42H2. The minimum atomic E-state index is -0.170. The predicted molar refractivity (Wildman–Crippen MR) is 307 cm³/mol. The summed E-state index contributed by atoms with van der Waals surface area (Å²) in [6.07, 6.45) is 2.96. The van der Waals surface area contributed by atoms with Gasteiger partial charge in [0, 0.05) is 55.2 Å². The van der Waals surface area contributed by atoms with Gasteiger partial charge in [-0.1, -0.05) is 206 Å². The summed E-state index contributed by atoms with van der Waals surface area (Å²) in [5.41, 5.74) is 17.3. The number of para-hydroxylation sites is 2. The first-order valence-electron chi connectivity index (χ1n) is 25.5. The van der Waals surface area contributed by atoms with Gasteiger partial charge in [-0.05, 0) is 87.8 Å². The molecule has 0 saturated heterocycles. The average molecular weight is 961 g/mol. The number of allylic oxidation sites excluding steroid dienone is 4. The lowest BCUT2D eigenvalue weighted by Gasteiger charge is -2.31. The van der Waals surface area contributed by atoms with Crippen molar-refractivity contribution >= 4 is 82.5 Å². The highest BCUT2D eigenvalue weighted by molar-refractivity contribution is 6.27. The SMILES string of the molecule is C1=C(c2nc(-c3ccccc3)nc(-c3ccccc3)n2)CC(c2ccc(-c3ccccc3)cc2)C(n2c3ccccc3c3c4oc5c(ccc6c7ccccc7oc65)c4ccc32)=C1c1ccc(-c2ccccc2)cc1. The van der Waals surface area contributed by atoms with Crippen LogP contribution in [-0.2, 0) is 0 Å². The Balaban J connectivity index is 1.03. The minimum absolute atomic E-state index is 0.170. The summed E-state index contributed by atoms with van der Waals surface area (Å²) in [4.78, 5) is 15.8. The summed E-state index contributed by atoms with van der Waals surface area (Å²) in [6.45, 7) is 0. The third-order valence-corrected chi connectivity index (χ3v) is 15.1. The summed E-state index contributed by atoms with van der Waals surface area (Å²) in [7, 11) is 0. The lowest BCUT2D eigenvalue weighted by Crippen LogP contribution is -2.16. The highest BCUT2D eigenvalue weighted by atomic mass is 16.4. The van der Waals surface area contributed by atoms with E-state index in [1.54, 1.807) is 0 Å². The Hall–Kier alpha value is -9.91. The van der Waals surface area contributed by atoms with Crippen LogP contribution in [0.15, 0.2) is 258 Å². The van der Waals surface area contributed by atoms with Crippen LogP contribution in [0.5, 0.6) is 0 Å². The van der Waals surface area contributed by atoms with E-state index in [4.69, 9.17) is 23.8 Å². The van der Waals surface area contributed by atoms with E-state index in [0.29, 0.717) is 23.9 Å². The molecule has 0 amide bonds. The first-order valence-corrected chi connectivity index (χ1v) is 25.5. The fraction of sp³-hybridized carbons (Fsp3) is 0.0290. The van der Waals surface area contributed by atoms with Gasteiger partial charge in [-0.3, -0.25) is 0 Å². The van der Waals surface area contributed by atoms with Crippen LogP contribution in [0.25, 0.3) is 128 Å². The second-order valence-electron chi connectivity index (χ2n) is 19.4. The molecule has 6 nitrogen and oxygen atoms in total. The lowest BCUT2D eigenvalue weighted by atomic mass is 9.79. The third-order valence-electron chi connectivity index (χ3n) is 15.1. The first-order chi connectivity index (χ1) is 37.2. The molecule has 1 aliphatic carbocycles. The van der Waals surface area contributed by atoms with Crippen LogP contribution in [0.2, 0.25) is 0 Å². The Morgan fingerprint density at radius 3 is 1.45 bits per heavy atom. The van der Waals surface area contributed by atoms with Gasteiger partial charge in [-0.15, -0.1) is 0 Å². The fourth-order valence-electron chi connectivity index (χ4n) is 11.5. The van der Waals surface area contributed by atoms with Crippen molar-refractivity contribution in [3.8, 4) is 45.0 Å². The maximum atomic E-state index is 7.16. The van der Waals surface area contributed by atoms with Crippen molar-refractivity contribution in [2.45, 2.75) is 12.3 Å². The number of hydrogen-bond donors (Lipinski definition) is 0. The molecule has 0 N–H and O–H groups in total. The Morgan fingerprint density at radius 1 is 0.347 bits per heavy atom. The third kappa shape index (κ3) is 7.13. The number of rotatable bonds is 8. The van der Waals surface area contributed by atoms with Crippen LogP contribution in [0.3, 0.4) is 0 Å². The molecule has 0 bridgehead atoms. The average Bonchev–Trinajstić information content (AvgIpc) is 4.22. The molecular weight excluding hydrogens is 917 g/mol. The lowest BCUT2D eigenvalue weighted by molar-refractivity contribution is 0.635. The molecule has 0 saturated carbocycles. The Labute approximate surface area is 431 Å². The van der Waals surface area contributed by atoms with Crippen molar-refractivity contribution in [2.75, 3.05) is 0 Å². The van der Waals surface area contributed by atoms with Gasteiger partial charge in [0.1, 0.15) is 11.2 Å². The zero-order valence-electron chi connectivity index (χ0n) is 40.6.